The van der Waals surface area contributed by atoms with E-state index in [9.17, 15) is 0 Å². The molecule has 17 heavy (non-hydrogen) atoms. The second-order valence-corrected chi connectivity index (χ2v) is 5.28. The van der Waals surface area contributed by atoms with Crippen LogP contribution in [0.1, 0.15) is 19.4 Å². The Kier molecular flexibility index (Phi) is 5.84. The minimum atomic E-state index is 0.429. The molecule has 0 saturated carbocycles. The molecular weight excluding hydrogens is 230 g/mol. The first-order valence-electron chi connectivity index (χ1n) is 5.59. The molecule has 0 amide bonds. The molecule has 0 aliphatic carbocycles. The molecule has 2 nitrogen and oxygen atoms in total. The summed E-state index contributed by atoms with van der Waals surface area (Å²) in [5, 5.41) is 7.56. The van der Waals surface area contributed by atoms with Crippen molar-refractivity contribution in [3.8, 4) is 5.75 Å². The fourth-order valence-electron chi connectivity index (χ4n) is 1.42. The lowest BCUT2D eigenvalue weighted by Gasteiger charge is -2.08. The van der Waals surface area contributed by atoms with Crippen molar-refractivity contribution >= 4 is 18.0 Å². The van der Waals surface area contributed by atoms with Gasteiger partial charge in [0.1, 0.15) is 5.75 Å². The van der Waals surface area contributed by atoms with Crippen molar-refractivity contribution in [3.63, 3.8) is 0 Å². The molecule has 92 valence electrons. The molecule has 1 N–H and O–H groups in total. The summed E-state index contributed by atoms with van der Waals surface area (Å²) in [7, 11) is 1.68. The third-order valence-electron chi connectivity index (χ3n) is 2.40. The van der Waals surface area contributed by atoms with Gasteiger partial charge in [-0.3, -0.25) is 0 Å². The van der Waals surface area contributed by atoms with Crippen molar-refractivity contribution in [2.24, 2.45) is 0 Å². The largest absolute Gasteiger partial charge is 0.497 e. The monoisotopic (exact) mass is 249 g/mol. The van der Waals surface area contributed by atoms with Crippen LogP contribution in [0.2, 0.25) is 0 Å². The average molecular weight is 249 g/mol. The van der Waals surface area contributed by atoms with E-state index < -0.39 is 0 Å². The minimum Gasteiger partial charge on any atom is -0.497 e. The van der Waals surface area contributed by atoms with Crippen LogP contribution < -0.4 is 4.74 Å². The summed E-state index contributed by atoms with van der Waals surface area (Å²) in [5.74, 6) is 1.87. The Morgan fingerprint density at radius 3 is 2.59 bits per heavy atom. The third-order valence-corrected chi connectivity index (χ3v) is 3.56. The van der Waals surface area contributed by atoms with Crippen LogP contribution in [-0.2, 0) is 5.75 Å². The number of hydrogen-bond acceptors (Lipinski definition) is 3. The van der Waals surface area contributed by atoms with E-state index in [-0.39, 0.29) is 0 Å². The van der Waals surface area contributed by atoms with E-state index in [1.54, 1.807) is 7.11 Å². The molecule has 0 heterocycles. The maximum absolute atomic E-state index is 7.13. The minimum absolute atomic E-state index is 0.429. The van der Waals surface area contributed by atoms with Gasteiger partial charge in [0.15, 0.2) is 0 Å². The van der Waals surface area contributed by atoms with E-state index in [0.717, 1.165) is 17.1 Å². The number of rotatable bonds is 6. The highest BCUT2D eigenvalue weighted by Gasteiger charge is 2.00. The average Bonchev–Trinajstić information content (AvgIpc) is 2.36. The Morgan fingerprint density at radius 2 is 2.06 bits per heavy atom. The van der Waals surface area contributed by atoms with Crippen LogP contribution in [0.3, 0.4) is 0 Å². The summed E-state index contributed by atoms with van der Waals surface area (Å²) in [5.41, 5.74) is 2.31. The van der Waals surface area contributed by atoms with Crippen molar-refractivity contribution in [2.45, 2.75) is 24.9 Å². The summed E-state index contributed by atoms with van der Waals surface area (Å²) >= 11 is 1.87. The van der Waals surface area contributed by atoms with E-state index in [4.69, 9.17) is 10.1 Å². The van der Waals surface area contributed by atoms with E-state index in [1.165, 1.54) is 11.8 Å². The van der Waals surface area contributed by atoms with Gasteiger partial charge in [0.05, 0.1) is 7.11 Å². The van der Waals surface area contributed by atoms with Gasteiger partial charge in [-0.05, 0) is 37.1 Å². The Labute approximate surface area is 108 Å². The van der Waals surface area contributed by atoms with Crippen LogP contribution in [-0.4, -0.2) is 18.6 Å². The molecule has 1 unspecified atom stereocenters. The van der Waals surface area contributed by atoms with Crippen LogP contribution in [0.4, 0.5) is 0 Å². The Morgan fingerprint density at radius 1 is 1.41 bits per heavy atom. The normalized spacial score (nSPS) is 13.2. The standard InChI is InChI=1S/C14H19NOS/c1-11(9-15)8-12(2)17-10-13-4-6-14(16-3)7-5-13/h4-9,12,15H,10H2,1-3H3/b11-8-,15-9?. The number of ether oxygens (including phenoxy) is 1. The summed E-state index contributed by atoms with van der Waals surface area (Å²) in [6, 6.07) is 8.15. The lowest BCUT2D eigenvalue weighted by Crippen LogP contribution is -1.94. The first-order chi connectivity index (χ1) is 8.15. The zero-order valence-corrected chi connectivity index (χ0v) is 11.4. The first-order valence-corrected chi connectivity index (χ1v) is 6.64. The highest BCUT2D eigenvalue weighted by atomic mass is 32.2. The van der Waals surface area contributed by atoms with Gasteiger partial charge in [-0.1, -0.05) is 18.2 Å². The number of thioether (sulfide) groups is 1. The smallest absolute Gasteiger partial charge is 0.118 e. The Balaban J connectivity index is 2.47. The van der Waals surface area contributed by atoms with Crippen LogP contribution in [0, 0.1) is 5.41 Å². The van der Waals surface area contributed by atoms with E-state index >= 15 is 0 Å². The molecule has 0 radical (unpaired) electrons. The fraction of sp³-hybridized carbons (Fsp3) is 0.357. The number of hydrogen-bond donors (Lipinski definition) is 1. The summed E-state index contributed by atoms with van der Waals surface area (Å²) < 4.78 is 5.12. The lowest BCUT2D eigenvalue weighted by molar-refractivity contribution is 0.414. The molecule has 0 aromatic heterocycles. The van der Waals surface area contributed by atoms with Crippen LogP contribution >= 0.6 is 11.8 Å². The summed E-state index contributed by atoms with van der Waals surface area (Å²) in [6.45, 7) is 4.11. The van der Waals surface area contributed by atoms with Crippen LogP contribution in [0.25, 0.3) is 0 Å². The maximum atomic E-state index is 7.13. The SMILES string of the molecule is COc1ccc(CSC(C)/C=C(/C)C=N)cc1. The number of methoxy groups -OCH3 is 1. The van der Waals surface area contributed by atoms with Gasteiger partial charge in [0.25, 0.3) is 0 Å². The zero-order valence-electron chi connectivity index (χ0n) is 10.6. The third kappa shape index (κ3) is 5.09. The van der Waals surface area contributed by atoms with Crippen molar-refractivity contribution < 1.29 is 4.74 Å². The molecule has 1 atom stereocenters. The number of benzene rings is 1. The zero-order chi connectivity index (χ0) is 12.7. The van der Waals surface area contributed by atoms with Crippen molar-refractivity contribution in [2.75, 3.05) is 7.11 Å². The predicted octanol–water partition coefficient (Wildman–Crippen LogP) is 3.91. The molecule has 0 aliphatic rings. The van der Waals surface area contributed by atoms with Crippen LogP contribution in [0.5, 0.6) is 5.75 Å². The molecule has 1 aromatic carbocycles. The summed E-state index contributed by atoms with van der Waals surface area (Å²) in [4.78, 5) is 0. The molecule has 1 rings (SSSR count). The first kappa shape index (κ1) is 13.8. The second kappa shape index (κ2) is 7.17. The molecule has 0 bridgehead atoms. The summed E-state index contributed by atoms with van der Waals surface area (Å²) in [6.07, 6.45) is 3.51. The van der Waals surface area contributed by atoms with E-state index in [0.29, 0.717) is 5.25 Å². The molecule has 1 aromatic rings. The van der Waals surface area contributed by atoms with E-state index in [2.05, 4.69) is 25.1 Å². The lowest BCUT2D eigenvalue weighted by atomic mass is 10.2. The van der Waals surface area contributed by atoms with Gasteiger partial charge < -0.3 is 10.1 Å². The molecule has 0 saturated heterocycles. The highest BCUT2D eigenvalue weighted by molar-refractivity contribution is 7.99. The molecular formula is C14H19NOS. The van der Waals surface area contributed by atoms with Crippen LogP contribution in [0.15, 0.2) is 35.9 Å². The maximum Gasteiger partial charge on any atom is 0.118 e. The van der Waals surface area contributed by atoms with Gasteiger partial charge in [-0.15, -0.1) is 11.8 Å². The second-order valence-electron chi connectivity index (χ2n) is 3.92. The molecule has 0 spiro atoms. The highest BCUT2D eigenvalue weighted by Crippen LogP contribution is 2.21. The van der Waals surface area contributed by atoms with Crippen molar-refractivity contribution in [1.29, 1.82) is 5.41 Å². The van der Waals surface area contributed by atoms with Gasteiger partial charge in [-0.25, -0.2) is 0 Å². The Hall–Kier alpha value is -1.22. The predicted molar refractivity (Wildman–Crippen MR) is 76.3 cm³/mol. The number of nitrogens with one attached hydrogen (secondary N) is 1. The Bertz CT molecular complexity index is 384. The van der Waals surface area contributed by atoms with Gasteiger partial charge in [-0.2, -0.15) is 0 Å². The molecule has 0 aliphatic heterocycles. The topological polar surface area (TPSA) is 33.1 Å². The van der Waals surface area contributed by atoms with Gasteiger partial charge in [0, 0.05) is 17.2 Å². The fourth-order valence-corrected chi connectivity index (χ4v) is 2.37. The molecule has 0 fully saturated rings. The number of allylic oxidation sites excluding steroid dienone is 1. The van der Waals surface area contributed by atoms with Gasteiger partial charge >= 0.3 is 0 Å². The quantitative estimate of drug-likeness (QED) is 0.775. The van der Waals surface area contributed by atoms with Crippen molar-refractivity contribution in [3.05, 3.63) is 41.5 Å². The van der Waals surface area contributed by atoms with E-state index in [1.807, 2.05) is 30.8 Å². The molecule has 3 heteroatoms. The van der Waals surface area contributed by atoms with Crippen molar-refractivity contribution in [1.82, 2.24) is 0 Å². The van der Waals surface area contributed by atoms with Gasteiger partial charge in [0.2, 0.25) is 0 Å².